The first kappa shape index (κ1) is 19.5. The molecular formula is C17H24ClFN4O2. The third-order valence-corrected chi connectivity index (χ3v) is 4.60. The Hall–Kier alpha value is -1.86. The van der Waals surface area contributed by atoms with E-state index >= 15 is 0 Å². The Morgan fingerprint density at radius 2 is 2.12 bits per heavy atom. The van der Waals surface area contributed by atoms with Crippen LogP contribution in [0.1, 0.15) is 12.8 Å². The lowest BCUT2D eigenvalue weighted by Crippen LogP contribution is -2.54. The Balaban J connectivity index is 0.00000225. The molecule has 25 heavy (non-hydrogen) atoms. The first-order valence-electron chi connectivity index (χ1n) is 8.42. The second-order valence-corrected chi connectivity index (χ2v) is 6.49. The van der Waals surface area contributed by atoms with Crippen LogP contribution < -0.4 is 16.0 Å². The number of halogens is 2. The fraction of sp³-hybridized carbons (Fsp3) is 0.529. The lowest BCUT2D eigenvalue weighted by Gasteiger charge is -2.37. The number of nitrogens with zero attached hydrogens (tertiary/aromatic N) is 1. The Morgan fingerprint density at radius 3 is 2.80 bits per heavy atom. The van der Waals surface area contributed by atoms with Crippen LogP contribution in [0.5, 0.6) is 0 Å². The van der Waals surface area contributed by atoms with Gasteiger partial charge in [-0.2, -0.15) is 0 Å². The van der Waals surface area contributed by atoms with E-state index in [-0.39, 0.29) is 42.0 Å². The summed E-state index contributed by atoms with van der Waals surface area (Å²) in [4.78, 5) is 26.1. The number of nitrogens with one attached hydrogen (secondary N) is 3. The number of likely N-dealkylation sites (tertiary alicyclic amines) is 1. The maximum atomic E-state index is 13.1. The molecule has 6 nitrogen and oxygen atoms in total. The van der Waals surface area contributed by atoms with Gasteiger partial charge in [0.15, 0.2) is 0 Å². The highest BCUT2D eigenvalue weighted by molar-refractivity contribution is 5.89. The van der Waals surface area contributed by atoms with Gasteiger partial charge in [-0.05, 0) is 37.0 Å². The van der Waals surface area contributed by atoms with Gasteiger partial charge in [0.1, 0.15) is 5.82 Å². The molecule has 0 aromatic heterocycles. The van der Waals surface area contributed by atoms with Gasteiger partial charge in [0.2, 0.25) is 5.91 Å². The Bertz CT molecular complexity index is 612. The van der Waals surface area contributed by atoms with Crippen LogP contribution in [0.3, 0.4) is 0 Å². The van der Waals surface area contributed by atoms with E-state index in [4.69, 9.17) is 0 Å². The second kappa shape index (κ2) is 9.01. The van der Waals surface area contributed by atoms with E-state index in [0.717, 1.165) is 32.5 Å². The molecule has 1 aromatic rings. The summed E-state index contributed by atoms with van der Waals surface area (Å²) in [6, 6.07) is 5.43. The zero-order valence-electron chi connectivity index (χ0n) is 14.0. The van der Waals surface area contributed by atoms with Crippen molar-refractivity contribution < 1.29 is 14.0 Å². The number of hydrogen-bond acceptors (Lipinski definition) is 3. The van der Waals surface area contributed by atoms with Crippen molar-refractivity contribution in [1.29, 1.82) is 0 Å². The number of piperidine rings is 1. The molecule has 1 unspecified atom stereocenters. The van der Waals surface area contributed by atoms with Gasteiger partial charge in [-0.25, -0.2) is 9.18 Å². The highest BCUT2D eigenvalue weighted by Gasteiger charge is 2.32. The number of urea groups is 1. The number of anilines is 1. The number of benzene rings is 1. The fourth-order valence-corrected chi connectivity index (χ4v) is 3.13. The number of carbonyl (C=O) groups excluding carboxylic acids is 2. The molecule has 0 saturated carbocycles. The molecule has 8 heteroatoms. The molecule has 3 amide bonds. The highest BCUT2D eigenvalue weighted by Crippen LogP contribution is 2.19. The van der Waals surface area contributed by atoms with E-state index in [1.165, 1.54) is 12.1 Å². The third-order valence-electron chi connectivity index (χ3n) is 4.60. The Labute approximate surface area is 152 Å². The van der Waals surface area contributed by atoms with Crippen molar-refractivity contribution >= 4 is 30.0 Å². The average molecular weight is 371 g/mol. The van der Waals surface area contributed by atoms with Crippen LogP contribution in [0.15, 0.2) is 24.3 Å². The zero-order chi connectivity index (χ0) is 16.9. The zero-order valence-corrected chi connectivity index (χ0v) is 14.8. The van der Waals surface area contributed by atoms with Crippen LogP contribution >= 0.6 is 12.4 Å². The molecule has 1 aromatic carbocycles. The molecular weight excluding hydrogens is 347 g/mol. The summed E-state index contributed by atoms with van der Waals surface area (Å²) in [6.45, 7) is 3.55. The highest BCUT2D eigenvalue weighted by atomic mass is 35.5. The first-order chi connectivity index (χ1) is 11.6. The number of amides is 3. The van der Waals surface area contributed by atoms with Crippen LogP contribution in [0.25, 0.3) is 0 Å². The topological polar surface area (TPSA) is 73.5 Å². The molecule has 2 saturated heterocycles. The van der Waals surface area contributed by atoms with Crippen molar-refractivity contribution in [2.24, 2.45) is 11.8 Å². The molecule has 0 spiro atoms. The minimum absolute atomic E-state index is 0. The molecule has 0 aliphatic carbocycles. The summed E-state index contributed by atoms with van der Waals surface area (Å²) in [5.74, 6) is 0.212. The largest absolute Gasteiger partial charge is 0.342 e. The molecule has 2 heterocycles. The van der Waals surface area contributed by atoms with Gasteiger partial charge >= 0.3 is 6.03 Å². The molecule has 2 aliphatic heterocycles. The minimum atomic E-state index is -0.389. The van der Waals surface area contributed by atoms with E-state index in [1.807, 2.05) is 4.90 Å². The van der Waals surface area contributed by atoms with Crippen molar-refractivity contribution in [3.05, 3.63) is 30.1 Å². The molecule has 2 fully saturated rings. The average Bonchev–Trinajstić information content (AvgIpc) is 2.51. The molecule has 3 N–H and O–H groups in total. The Kier molecular flexibility index (Phi) is 7.01. The maximum absolute atomic E-state index is 13.1. The van der Waals surface area contributed by atoms with Gasteiger partial charge in [0.05, 0.1) is 5.92 Å². The van der Waals surface area contributed by atoms with Gasteiger partial charge < -0.3 is 20.9 Å². The molecule has 138 valence electrons. The van der Waals surface area contributed by atoms with Crippen molar-refractivity contribution in [1.82, 2.24) is 15.5 Å². The van der Waals surface area contributed by atoms with Gasteiger partial charge in [-0.15, -0.1) is 12.4 Å². The van der Waals surface area contributed by atoms with Gasteiger partial charge in [0, 0.05) is 38.4 Å². The van der Waals surface area contributed by atoms with E-state index in [2.05, 4.69) is 16.0 Å². The Morgan fingerprint density at radius 1 is 1.32 bits per heavy atom. The number of rotatable bonds is 4. The minimum Gasteiger partial charge on any atom is -0.342 e. The van der Waals surface area contributed by atoms with Crippen LogP contribution in [-0.4, -0.2) is 49.6 Å². The molecule has 1 atom stereocenters. The van der Waals surface area contributed by atoms with Crippen LogP contribution in [0.4, 0.5) is 14.9 Å². The fourth-order valence-electron chi connectivity index (χ4n) is 3.13. The number of hydrogen-bond donors (Lipinski definition) is 3. The summed E-state index contributed by atoms with van der Waals surface area (Å²) in [7, 11) is 0. The van der Waals surface area contributed by atoms with Crippen LogP contribution in [0.2, 0.25) is 0 Å². The lowest BCUT2D eigenvalue weighted by molar-refractivity contribution is -0.138. The monoisotopic (exact) mass is 370 g/mol. The van der Waals surface area contributed by atoms with E-state index in [1.54, 1.807) is 12.1 Å². The second-order valence-electron chi connectivity index (χ2n) is 6.49. The van der Waals surface area contributed by atoms with E-state index in [0.29, 0.717) is 18.8 Å². The molecule has 2 aliphatic rings. The summed E-state index contributed by atoms with van der Waals surface area (Å²) >= 11 is 0. The smallest absolute Gasteiger partial charge is 0.319 e. The van der Waals surface area contributed by atoms with Crippen molar-refractivity contribution in [3.63, 3.8) is 0 Å². The van der Waals surface area contributed by atoms with Crippen molar-refractivity contribution in [2.45, 2.75) is 12.8 Å². The van der Waals surface area contributed by atoms with Crippen LogP contribution in [-0.2, 0) is 4.79 Å². The van der Waals surface area contributed by atoms with E-state index in [9.17, 15) is 14.0 Å². The number of carbonyl (C=O) groups is 2. The lowest BCUT2D eigenvalue weighted by atomic mass is 9.95. The quantitative estimate of drug-likeness (QED) is 0.757. The van der Waals surface area contributed by atoms with Gasteiger partial charge in [-0.3, -0.25) is 4.79 Å². The SMILES string of the molecule is Cl.O=C(NCC1CCCN(C(=O)C2CNC2)C1)Nc1cccc(F)c1. The van der Waals surface area contributed by atoms with E-state index < -0.39 is 0 Å². The normalized spacial score (nSPS) is 20.2. The van der Waals surface area contributed by atoms with Gasteiger partial charge in [-0.1, -0.05) is 6.07 Å². The van der Waals surface area contributed by atoms with Crippen LogP contribution in [0, 0.1) is 17.7 Å². The summed E-state index contributed by atoms with van der Waals surface area (Å²) in [5, 5.41) is 8.55. The summed E-state index contributed by atoms with van der Waals surface area (Å²) in [6.07, 6.45) is 1.96. The predicted molar refractivity (Wildman–Crippen MR) is 96.3 cm³/mol. The molecule has 3 rings (SSSR count). The third kappa shape index (κ3) is 5.31. The standard InChI is InChI=1S/C17H23FN4O2.ClH/c18-14-4-1-5-15(7-14)21-17(24)20-8-12-3-2-6-22(11-12)16(23)13-9-19-10-13;/h1,4-5,7,12-13,19H,2-3,6,8-11H2,(H2,20,21,24);1H. The molecule has 0 bridgehead atoms. The maximum Gasteiger partial charge on any atom is 0.319 e. The van der Waals surface area contributed by atoms with Crippen molar-refractivity contribution in [2.75, 3.05) is 38.0 Å². The summed E-state index contributed by atoms with van der Waals surface area (Å²) < 4.78 is 13.1. The summed E-state index contributed by atoms with van der Waals surface area (Å²) in [5.41, 5.74) is 0.422. The van der Waals surface area contributed by atoms with Gasteiger partial charge in [0.25, 0.3) is 0 Å². The van der Waals surface area contributed by atoms with Crippen molar-refractivity contribution in [3.8, 4) is 0 Å². The first-order valence-corrected chi connectivity index (χ1v) is 8.42. The predicted octanol–water partition coefficient (Wildman–Crippen LogP) is 1.83. The molecule has 0 radical (unpaired) electrons.